The van der Waals surface area contributed by atoms with E-state index in [1.165, 1.54) is 0 Å². The Bertz CT molecular complexity index is 1620. The average molecular weight is 560 g/mol. The molecular weight excluding hydrogens is 510 g/mol. The molecule has 0 bridgehead atoms. The van der Waals surface area contributed by atoms with Gasteiger partial charge in [0.05, 0.1) is 40.2 Å². The van der Waals surface area contributed by atoms with E-state index in [2.05, 4.69) is 5.32 Å². The Balaban J connectivity index is 1.72. The number of nitrogens with zero attached hydrogens (tertiary/aromatic N) is 1. The first-order chi connectivity index (χ1) is 22.7. The zero-order valence-corrected chi connectivity index (χ0v) is 21.0. The number of sulfonamides is 1. The summed E-state index contributed by atoms with van der Waals surface area (Å²) in [4.78, 5) is 12.5. The lowest BCUT2D eigenvalue weighted by molar-refractivity contribution is -0.0907. The number of nitrogens with two attached hydrogens (primary N) is 1. The van der Waals surface area contributed by atoms with Crippen LogP contribution in [0.1, 0.15) is 42.1 Å². The lowest BCUT2D eigenvalue weighted by Gasteiger charge is -2.31. The molecule has 0 aliphatic carbocycles. The van der Waals surface area contributed by atoms with E-state index in [0.29, 0.717) is 5.56 Å². The normalized spacial score (nSPS) is 32.1. The highest BCUT2D eigenvalue weighted by Crippen LogP contribution is 2.33. The SMILES string of the molecule is [2H]C1([2H])C[C@H]2[C@@H](OC(=O)N[C@@H](Cc3ccccc3)[C@H](O)CN(C([2H])([2H])C([2H])(C([2H])([2H])[2H])C([2H])([2H])[2H])S(=O)(=O)c3ccc(N)cc3)CO[C@@]2([2H])O1. The highest BCUT2D eigenvalue weighted by atomic mass is 32.2. The molecule has 1 amide bonds. The third-order valence-electron chi connectivity index (χ3n) is 6.00. The van der Waals surface area contributed by atoms with E-state index >= 15 is 0 Å². The Morgan fingerprint density at radius 3 is 2.76 bits per heavy atom. The summed E-state index contributed by atoms with van der Waals surface area (Å²) >= 11 is 0. The standard InChI is InChI=1S/C27H37N3O7S/c1-18(2)15-30(38(33,34)21-10-8-20(28)9-11-21)16-24(31)23(14-19-6-4-3-5-7-19)29-27(32)37-25-17-36-26-22(25)12-13-35-26/h3-11,18,22-26,31H,12-17,28H2,1-2H3,(H,29,32)/t22-,23-,24+,25-,26+/m0/s1/i1D3,2D3,13D2,15D2,18D,26D. The van der Waals surface area contributed by atoms with Crippen LogP contribution in [-0.4, -0.2) is 74.6 Å². The number of hydrogen-bond donors (Lipinski definition) is 3. The van der Waals surface area contributed by atoms with Gasteiger partial charge in [-0.3, -0.25) is 0 Å². The van der Waals surface area contributed by atoms with Gasteiger partial charge in [-0.2, -0.15) is 4.31 Å². The molecule has 11 heteroatoms. The maximum Gasteiger partial charge on any atom is 0.407 e. The summed E-state index contributed by atoms with van der Waals surface area (Å²) in [5, 5.41) is 13.9. The minimum atomic E-state index is -5.26. The van der Waals surface area contributed by atoms with Crippen LogP contribution in [0.3, 0.4) is 0 Å². The molecule has 0 spiro atoms. The topological polar surface area (TPSA) is 140 Å². The van der Waals surface area contributed by atoms with Crippen molar-refractivity contribution < 1.29 is 49.0 Å². The number of alkyl carbamates (subject to hydrolysis) is 1. The summed E-state index contributed by atoms with van der Waals surface area (Å²) in [6.07, 6.45) is -7.25. The maximum absolute atomic E-state index is 14.0. The van der Waals surface area contributed by atoms with E-state index < -0.39 is 90.6 Å². The van der Waals surface area contributed by atoms with Crippen LogP contribution in [0.25, 0.3) is 0 Å². The minimum absolute atomic E-state index is 0.0969. The first kappa shape index (κ1) is 16.4. The predicted molar refractivity (Wildman–Crippen MR) is 142 cm³/mol. The lowest BCUT2D eigenvalue weighted by Crippen LogP contribution is -2.51. The summed E-state index contributed by atoms with van der Waals surface area (Å²) in [6, 6.07) is 10.7. The molecule has 2 saturated heterocycles. The monoisotopic (exact) mass is 559 g/mol. The molecule has 2 aliphatic rings. The van der Waals surface area contributed by atoms with Crippen molar-refractivity contribution >= 4 is 21.8 Å². The van der Waals surface area contributed by atoms with Crippen LogP contribution in [0, 0.1) is 11.8 Å². The molecule has 38 heavy (non-hydrogen) atoms. The van der Waals surface area contributed by atoms with E-state index in [-0.39, 0.29) is 29.4 Å². The number of ether oxygens (including phenoxy) is 3. The van der Waals surface area contributed by atoms with Crippen LogP contribution in [-0.2, 0) is 30.7 Å². The summed E-state index contributed by atoms with van der Waals surface area (Å²) in [5.74, 6) is -5.15. The highest BCUT2D eigenvalue weighted by molar-refractivity contribution is 7.89. The minimum Gasteiger partial charge on any atom is -0.443 e. The molecule has 10 nitrogen and oxygen atoms in total. The van der Waals surface area contributed by atoms with Gasteiger partial charge in [-0.1, -0.05) is 44.0 Å². The summed E-state index contributed by atoms with van der Waals surface area (Å²) in [5.41, 5.74) is 6.23. The van der Waals surface area contributed by atoms with Crippen molar-refractivity contribution in [3.8, 4) is 0 Å². The Labute approximate surface area is 241 Å². The number of aliphatic hydroxyl groups excluding tert-OH is 1. The zero-order valence-electron chi connectivity index (χ0n) is 32.2. The first-order valence-corrected chi connectivity index (χ1v) is 13.1. The first-order valence-electron chi connectivity index (χ1n) is 17.7. The number of hydrogen-bond acceptors (Lipinski definition) is 8. The van der Waals surface area contributed by atoms with Crippen molar-refractivity contribution in [2.75, 3.05) is 31.9 Å². The van der Waals surface area contributed by atoms with Crippen molar-refractivity contribution in [3.05, 3.63) is 60.2 Å². The van der Waals surface area contributed by atoms with Crippen molar-refractivity contribution in [2.45, 2.75) is 56.0 Å². The van der Waals surface area contributed by atoms with E-state index in [0.717, 1.165) is 24.3 Å². The Morgan fingerprint density at radius 1 is 1.32 bits per heavy atom. The van der Waals surface area contributed by atoms with Crippen LogP contribution < -0.4 is 11.1 Å². The molecule has 2 heterocycles. The fourth-order valence-corrected chi connectivity index (χ4v) is 5.34. The van der Waals surface area contributed by atoms with E-state index in [1.807, 2.05) is 0 Å². The van der Waals surface area contributed by atoms with Crippen molar-refractivity contribution in [1.29, 1.82) is 0 Å². The Kier molecular flexibility index (Phi) is 5.37. The number of nitrogens with one attached hydrogen (secondary N) is 1. The number of rotatable bonds is 11. The van der Waals surface area contributed by atoms with Gasteiger partial charge in [0.2, 0.25) is 10.0 Å². The van der Waals surface area contributed by atoms with Gasteiger partial charge in [-0.05, 0) is 48.6 Å². The van der Waals surface area contributed by atoms with Gasteiger partial charge in [0.15, 0.2) is 6.27 Å². The molecule has 2 aromatic rings. The predicted octanol–water partition coefficient (Wildman–Crippen LogP) is 2.38. The molecule has 2 aliphatic heterocycles. The molecule has 0 unspecified atom stereocenters. The molecule has 2 aromatic carbocycles. The molecule has 208 valence electrons. The number of fused-ring (bicyclic) bond motifs is 1. The summed E-state index contributed by atoms with van der Waals surface area (Å²) in [6.45, 7) is -15.9. The zero-order chi connectivity index (χ0) is 37.7. The average Bonchev–Trinajstić information content (AvgIpc) is 3.41. The van der Waals surface area contributed by atoms with Crippen molar-refractivity contribution in [3.63, 3.8) is 0 Å². The van der Waals surface area contributed by atoms with Gasteiger partial charge in [0, 0.05) is 31.1 Å². The molecule has 5 atom stereocenters. The lowest BCUT2D eigenvalue weighted by atomic mass is 10.0. The fourth-order valence-electron chi connectivity index (χ4n) is 4.04. The number of carbonyl (C=O) groups is 1. The third kappa shape index (κ3) is 7.03. The van der Waals surface area contributed by atoms with Crippen molar-refractivity contribution in [2.24, 2.45) is 11.8 Å². The van der Waals surface area contributed by atoms with E-state index in [9.17, 15) is 18.3 Å². The number of anilines is 1. The smallest absolute Gasteiger partial charge is 0.407 e. The van der Waals surface area contributed by atoms with Crippen LogP contribution in [0.15, 0.2) is 59.5 Å². The largest absolute Gasteiger partial charge is 0.443 e. The van der Waals surface area contributed by atoms with Crippen LogP contribution >= 0.6 is 0 Å². The van der Waals surface area contributed by atoms with Gasteiger partial charge >= 0.3 is 6.09 Å². The van der Waals surface area contributed by atoms with E-state index in [1.54, 1.807) is 30.3 Å². The summed E-state index contributed by atoms with van der Waals surface area (Å²) in [7, 11) is -5.26. The Morgan fingerprint density at radius 2 is 2.05 bits per heavy atom. The summed E-state index contributed by atoms with van der Waals surface area (Å²) < 4.78 is 141. The van der Waals surface area contributed by atoms with Crippen LogP contribution in [0.2, 0.25) is 0 Å². The van der Waals surface area contributed by atoms with Gasteiger partial charge in [-0.15, -0.1) is 0 Å². The molecule has 0 saturated carbocycles. The second-order valence-electron chi connectivity index (χ2n) is 8.73. The fraction of sp³-hybridized carbons (Fsp3) is 0.519. The number of aliphatic hydroxyl groups is 1. The number of amides is 1. The van der Waals surface area contributed by atoms with Gasteiger partial charge in [-0.25, -0.2) is 13.2 Å². The highest BCUT2D eigenvalue weighted by Gasteiger charge is 2.44. The van der Waals surface area contributed by atoms with Gasteiger partial charge in [0.25, 0.3) is 0 Å². The third-order valence-corrected chi connectivity index (χ3v) is 7.69. The molecule has 4 N–H and O–H groups in total. The van der Waals surface area contributed by atoms with Gasteiger partial charge in [0.1, 0.15) is 6.10 Å². The second kappa shape index (κ2) is 12.4. The number of nitrogen functional groups attached to an aromatic ring is 1. The van der Waals surface area contributed by atoms with Gasteiger partial charge < -0.3 is 30.4 Å². The molecule has 0 aromatic heterocycles. The van der Waals surface area contributed by atoms with Crippen LogP contribution in [0.5, 0.6) is 0 Å². The molecular formula is C27H37N3O7S. The number of benzene rings is 2. The molecule has 0 radical (unpaired) electrons. The Hall–Kier alpha value is -2.70. The molecule has 2 fully saturated rings. The maximum atomic E-state index is 14.0. The quantitative estimate of drug-likeness (QED) is 0.357. The van der Waals surface area contributed by atoms with E-state index in [4.69, 9.17) is 36.4 Å². The molecule has 4 rings (SSSR count). The van der Waals surface area contributed by atoms with Crippen LogP contribution in [0.4, 0.5) is 10.5 Å². The van der Waals surface area contributed by atoms with Crippen molar-refractivity contribution in [1.82, 2.24) is 9.62 Å². The second-order valence-corrected chi connectivity index (χ2v) is 10.6. The number of carbonyl (C=O) groups excluding carboxylic acids is 1.